The summed E-state index contributed by atoms with van der Waals surface area (Å²) >= 11 is 0. The molecule has 0 spiro atoms. The number of nitrogens with zero attached hydrogens (tertiary/aromatic N) is 2. The Morgan fingerprint density at radius 1 is 0.971 bits per heavy atom. The van der Waals surface area contributed by atoms with Crippen LogP contribution in [0.25, 0.3) is 0 Å². The van der Waals surface area contributed by atoms with Gasteiger partial charge in [-0.25, -0.2) is 13.2 Å². The summed E-state index contributed by atoms with van der Waals surface area (Å²) in [6.45, 7) is 4.79. The number of ether oxygens (including phenoxy) is 1. The number of carbonyl (C=O) groups excluding carboxylic acids is 2. The van der Waals surface area contributed by atoms with Crippen molar-refractivity contribution in [3.05, 3.63) is 83.2 Å². The largest absolute Gasteiger partial charge is 0.443 e. The second-order valence-electron chi connectivity index (χ2n) is 8.84. The zero-order valence-corrected chi connectivity index (χ0v) is 20.8. The normalized spacial score (nSPS) is 15.1. The number of carbonyl (C=O) groups is 2. The van der Waals surface area contributed by atoms with Crippen LogP contribution in [-0.4, -0.2) is 42.3 Å². The van der Waals surface area contributed by atoms with E-state index in [9.17, 15) is 18.0 Å². The lowest BCUT2D eigenvalue weighted by Gasteiger charge is -2.18. The molecule has 35 heavy (non-hydrogen) atoms. The molecule has 2 aromatic carbocycles. The first kappa shape index (κ1) is 24.7. The third-order valence-corrected chi connectivity index (χ3v) is 7.81. The van der Waals surface area contributed by atoms with Gasteiger partial charge in [-0.15, -0.1) is 0 Å². The van der Waals surface area contributed by atoms with Gasteiger partial charge in [0.05, 0.1) is 0 Å². The van der Waals surface area contributed by atoms with Gasteiger partial charge in [-0.1, -0.05) is 36.4 Å². The molecule has 0 aliphatic carbocycles. The Morgan fingerprint density at radius 3 is 2.23 bits per heavy atom. The molecule has 1 aliphatic heterocycles. The SMILES string of the molecule is Cc1cc(C)cc(NC(=O)C(OC(=O)c2cc(S(=O)(=O)N3CCCC3)cn2C)c2ccccc2)c1. The van der Waals surface area contributed by atoms with Crippen LogP contribution in [0.1, 0.15) is 46.1 Å². The van der Waals surface area contributed by atoms with Crippen LogP contribution in [0.5, 0.6) is 0 Å². The topological polar surface area (TPSA) is 97.7 Å². The lowest BCUT2D eigenvalue weighted by molar-refractivity contribution is -0.125. The van der Waals surface area contributed by atoms with Gasteiger partial charge < -0.3 is 14.6 Å². The number of amides is 1. The minimum Gasteiger partial charge on any atom is -0.443 e. The summed E-state index contributed by atoms with van der Waals surface area (Å²) in [4.78, 5) is 26.4. The molecule has 1 amide bonds. The molecule has 2 heterocycles. The zero-order valence-electron chi connectivity index (χ0n) is 20.0. The van der Waals surface area contributed by atoms with E-state index in [1.54, 1.807) is 37.4 Å². The van der Waals surface area contributed by atoms with Gasteiger partial charge in [0, 0.05) is 37.6 Å². The Morgan fingerprint density at radius 2 is 1.60 bits per heavy atom. The smallest absolute Gasteiger partial charge is 0.356 e. The van der Waals surface area contributed by atoms with E-state index in [0.29, 0.717) is 24.3 Å². The van der Waals surface area contributed by atoms with Crippen LogP contribution >= 0.6 is 0 Å². The molecule has 0 radical (unpaired) electrons. The second kappa shape index (κ2) is 10.1. The number of benzene rings is 2. The average Bonchev–Trinajstić information content (AvgIpc) is 3.48. The van der Waals surface area contributed by atoms with E-state index in [1.165, 1.54) is 21.1 Å². The van der Waals surface area contributed by atoms with Crippen LogP contribution in [0.15, 0.2) is 65.7 Å². The van der Waals surface area contributed by atoms with Crippen molar-refractivity contribution in [2.75, 3.05) is 18.4 Å². The van der Waals surface area contributed by atoms with Crippen molar-refractivity contribution in [2.24, 2.45) is 7.05 Å². The number of hydrogen-bond donors (Lipinski definition) is 1. The predicted octanol–water partition coefficient (Wildman–Crippen LogP) is 3.96. The lowest BCUT2D eigenvalue weighted by atomic mass is 10.1. The van der Waals surface area contributed by atoms with Crippen LogP contribution in [0.4, 0.5) is 5.69 Å². The van der Waals surface area contributed by atoms with E-state index in [2.05, 4.69) is 5.32 Å². The third kappa shape index (κ3) is 5.47. The van der Waals surface area contributed by atoms with Crippen molar-refractivity contribution in [1.29, 1.82) is 0 Å². The standard InChI is InChI=1S/C26H29N3O5S/c1-18-13-19(2)15-21(14-18)27-25(30)24(20-9-5-4-6-10-20)34-26(31)23-16-22(17-28(23)3)35(32,33)29-11-7-8-12-29/h4-6,9-10,13-17,24H,7-8,11-12H2,1-3H3,(H,27,30). The summed E-state index contributed by atoms with van der Waals surface area (Å²) in [7, 11) is -2.12. The highest BCUT2D eigenvalue weighted by molar-refractivity contribution is 7.89. The van der Waals surface area contributed by atoms with E-state index < -0.39 is 28.0 Å². The highest BCUT2D eigenvalue weighted by Gasteiger charge is 2.31. The fourth-order valence-electron chi connectivity index (χ4n) is 4.28. The zero-order chi connectivity index (χ0) is 25.2. The molecule has 4 rings (SSSR count). The molecule has 1 fully saturated rings. The Hall–Kier alpha value is -3.43. The Balaban J connectivity index is 1.59. The van der Waals surface area contributed by atoms with E-state index >= 15 is 0 Å². The third-order valence-electron chi connectivity index (χ3n) is 5.95. The fourth-order valence-corrected chi connectivity index (χ4v) is 5.87. The molecule has 1 aromatic heterocycles. The summed E-state index contributed by atoms with van der Waals surface area (Å²) in [6.07, 6.45) is 1.81. The summed E-state index contributed by atoms with van der Waals surface area (Å²) in [6, 6.07) is 15.7. The van der Waals surface area contributed by atoms with Crippen LogP contribution < -0.4 is 5.32 Å². The van der Waals surface area contributed by atoms with Crippen molar-refractivity contribution in [3.63, 3.8) is 0 Å². The predicted molar refractivity (Wildman–Crippen MR) is 133 cm³/mol. The van der Waals surface area contributed by atoms with E-state index in [4.69, 9.17) is 4.74 Å². The monoisotopic (exact) mass is 495 g/mol. The van der Waals surface area contributed by atoms with Gasteiger partial charge in [-0.05, 0) is 56.0 Å². The van der Waals surface area contributed by atoms with Gasteiger partial charge >= 0.3 is 5.97 Å². The highest BCUT2D eigenvalue weighted by Crippen LogP contribution is 2.26. The maximum atomic E-state index is 13.2. The molecule has 1 aliphatic rings. The Labute approximate surface area is 205 Å². The number of hydrogen-bond acceptors (Lipinski definition) is 5. The summed E-state index contributed by atoms with van der Waals surface area (Å²) < 4.78 is 34.4. The first-order valence-corrected chi connectivity index (χ1v) is 12.9. The number of aromatic nitrogens is 1. The minimum absolute atomic E-state index is 0.0322. The number of esters is 1. The average molecular weight is 496 g/mol. The molecular formula is C26H29N3O5S. The van der Waals surface area contributed by atoms with Gasteiger partial charge in [-0.3, -0.25) is 4.79 Å². The molecule has 8 nitrogen and oxygen atoms in total. The van der Waals surface area contributed by atoms with E-state index in [-0.39, 0.29) is 10.6 Å². The molecular weight excluding hydrogens is 466 g/mol. The number of rotatable bonds is 7. The second-order valence-corrected chi connectivity index (χ2v) is 10.8. The first-order valence-electron chi connectivity index (χ1n) is 11.5. The summed E-state index contributed by atoms with van der Waals surface area (Å²) in [5.74, 6) is -1.30. The first-order chi connectivity index (χ1) is 16.6. The van der Waals surface area contributed by atoms with Crippen LogP contribution in [0.3, 0.4) is 0 Å². The lowest BCUT2D eigenvalue weighted by Crippen LogP contribution is -2.27. The van der Waals surface area contributed by atoms with E-state index in [0.717, 1.165) is 24.0 Å². The van der Waals surface area contributed by atoms with Gasteiger partial charge in [-0.2, -0.15) is 4.31 Å². The molecule has 0 saturated carbocycles. The summed E-state index contributed by atoms with van der Waals surface area (Å²) in [5.41, 5.74) is 3.13. The van der Waals surface area contributed by atoms with E-state index in [1.807, 2.05) is 32.0 Å². The van der Waals surface area contributed by atoms with Gasteiger partial charge in [0.2, 0.25) is 16.1 Å². The molecule has 1 N–H and O–H groups in total. The van der Waals surface area contributed by atoms with Crippen molar-refractivity contribution in [3.8, 4) is 0 Å². The Bertz CT molecular complexity index is 1320. The van der Waals surface area contributed by atoms with Gasteiger partial charge in [0.25, 0.3) is 5.91 Å². The maximum Gasteiger partial charge on any atom is 0.356 e. The van der Waals surface area contributed by atoms with Gasteiger partial charge in [0.1, 0.15) is 10.6 Å². The van der Waals surface area contributed by atoms with Crippen LogP contribution in [-0.2, 0) is 26.6 Å². The highest BCUT2D eigenvalue weighted by atomic mass is 32.2. The number of sulfonamides is 1. The van der Waals surface area contributed by atoms with Crippen LogP contribution in [0, 0.1) is 13.8 Å². The minimum atomic E-state index is -3.69. The fraction of sp³-hybridized carbons (Fsp3) is 0.308. The number of anilines is 1. The molecule has 1 atom stereocenters. The molecule has 0 bridgehead atoms. The quantitative estimate of drug-likeness (QED) is 0.501. The number of aryl methyl sites for hydroxylation is 3. The molecule has 184 valence electrons. The Kier molecular flexibility index (Phi) is 7.09. The van der Waals surface area contributed by atoms with Crippen LogP contribution in [0.2, 0.25) is 0 Å². The molecule has 1 unspecified atom stereocenters. The summed E-state index contributed by atoms with van der Waals surface area (Å²) in [5, 5.41) is 2.83. The van der Waals surface area contributed by atoms with Crippen molar-refractivity contribution >= 4 is 27.6 Å². The molecule has 1 saturated heterocycles. The maximum absolute atomic E-state index is 13.2. The van der Waals surface area contributed by atoms with Gasteiger partial charge in [0.15, 0.2) is 0 Å². The molecule has 9 heteroatoms. The molecule has 3 aromatic rings. The van der Waals surface area contributed by atoms with Crippen molar-refractivity contribution in [1.82, 2.24) is 8.87 Å². The number of nitrogens with one attached hydrogen (secondary N) is 1. The van der Waals surface area contributed by atoms with Crippen molar-refractivity contribution in [2.45, 2.75) is 37.7 Å². The van der Waals surface area contributed by atoms with Crippen molar-refractivity contribution < 1.29 is 22.7 Å².